The third-order valence-electron chi connectivity index (χ3n) is 3.67. The molecule has 1 fully saturated rings. The van der Waals surface area contributed by atoms with Crippen molar-refractivity contribution in [3.8, 4) is 0 Å². The van der Waals surface area contributed by atoms with E-state index in [9.17, 15) is 4.79 Å². The van der Waals surface area contributed by atoms with Crippen molar-refractivity contribution in [1.82, 2.24) is 4.90 Å². The van der Waals surface area contributed by atoms with E-state index >= 15 is 0 Å². The van der Waals surface area contributed by atoms with E-state index in [0.29, 0.717) is 25.9 Å². The van der Waals surface area contributed by atoms with Crippen molar-refractivity contribution >= 4 is 5.91 Å². The molecule has 0 aliphatic carbocycles. The fraction of sp³-hybridized carbons (Fsp3) is 0.562. The maximum Gasteiger partial charge on any atom is 0.222 e. The molecule has 1 aliphatic rings. The van der Waals surface area contributed by atoms with E-state index in [0.717, 1.165) is 5.56 Å². The average Bonchev–Trinajstić information content (AvgIpc) is 2.44. The van der Waals surface area contributed by atoms with E-state index in [1.807, 2.05) is 49.1 Å². The number of nitrogens with two attached hydrogens (primary N) is 1. The van der Waals surface area contributed by atoms with Gasteiger partial charge in [-0.25, -0.2) is 0 Å². The zero-order valence-corrected chi connectivity index (χ0v) is 12.3. The van der Waals surface area contributed by atoms with Crippen LogP contribution in [0.4, 0.5) is 0 Å². The fourth-order valence-corrected chi connectivity index (χ4v) is 2.69. The molecule has 0 spiro atoms. The Morgan fingerprint density at radius 2 is 1.90 bits per heavy atom. The minimum Gasteiger partial charge on any atom is -0.372 e. The van der Waals surface area contributed by atoms with Gasteiger partial charge in [0.05, 0.1) is 12.2 Å². The van der Waals surface area contributed by atoms with E-state index in [1.165, 1.54) is 0 Å². The quantitative estimate of drug-likeness (QED) is 0.916. The van der Waals surface area contributed by atoms with Crippen LogP contribution in [0, 0.1) is 0 Å². The molecule has 1 aliphatic heterocycles. The monoisotopic (exact) mass is 276 g/mol. The lowest BCUT2D eigenvalue weighted by molar-refractivity contribution is -0.143. The summed E-state index contributed by atoms with van der Waals surface area (Å²) in [4.78, 5) is 14.1. The Bertz CT molecular complexity index is 425. The van der Waals surface area contributed by atoms with Gasteiger partial charge >= 0.3 is 0 Å². The van der Waals surface area contributed by atoms with Crippen LogP contribution in [0.25, 0.3) is 0 Å². The lowest BCUT2D eigenvalue weighted by atomic mass is 10.0. The first-order valence-electron chi connectivity index (χ1n) is 7.30. The lowest BCUT2D eigenvalue weighted by Crippen LogP contribution is -2.48. The molecule has 0 unspecified atom stereocenters. The largest absolute Gasteiger partial charge is 0.372 e. The molecule has 3 atom stereocenters. The maximum atomic E-state index is 12.2. The second kappa shape index (κ2) is 6.86. The van der Waals surface area contributed by atoms with Gasteiger partial charge in [-0.2, -0.15) is 0 Å². The van der Waals surface area contributed by atoms with Crippen LogP contribution in [0.1, 0.15) is 38.3 Å². The molecule has 0 aromatic heterocycles. The van der Waals surface area contributed by atoms with Crippen LogP contribution < -0.4 is 5.73 Å². The Labute approximate surface area is 120 Å². The zero-order valence-electron chi connectivity index (χ0n) is 12.3. The first kappa shape index (κ1) is 15.0. The molecule has 0 radical (unpaired) electrons. The lowest BCUT2D eigenvalue weighted by Gasteiger charge is -2.35. The number of carbonyl (C=O) groups excluding carboxylic acids is 1. The molecule has 20 heavy (non-hydrogen) atoms. The van der Waals surface area contributed by atoms with Crippen molar-refractivity contribution in [3.63, 3.8) is 0 Å². The summed E-state index contributed by atoms with van der Waals surface area (Å²) in [5, 5.41) is 0. The molecule has 1 aromatic rings. The molecular formula is C16H24N2O2. The van der Waals surface area contributed by atoms with Crippen molar-refractivity contribution < 1.29 is 9.53 Å². The van der Waals surface area contributed by atoms with Crippen molar-refractivity contribution in [3.05, 3.63) is 35.9 Å². The molecule has 4 nitrogen and oxygen atoms in total. The van der Waals surface area contributed by atoms with E-state index in [4.69, 9.17) is 10.5 Å². The summed E-state index contributed by atoms with van der Waals surface area (Å²) in [6.45, 7) is 5.38. The number of hydrogen-bond donors (Lipinski definition) is 1. The standard InChI is InChI=1S/C16H24N2O2/c1-12-10-18(11-13(2)20-12)16(19)9-8-15(17)14-6-4-3-5-7-14/h3-7,12-13,15H,8-11,17H2,1-2H3/t12-,13+,15-/m0/s1. The fourth-order valence-electron chi connectivity index (χ4n) is 2.69. The molecule has 0 bridgehead atoms. The van der Waals surface area contributed by atoms with Gasteiger partial charge in [-0.05, 0) is 25.8 Å². The summed E-state index contributed by atoms with van der Waals surface area (Å²) in [7, 11) is 0. The summed E-state index contributed by atoms with van der Waals surface area (Å²) >= 11 is 0. The minimum absolute atomic E-state index is 0.0731. The smallest absolute Gasteiger partial charge is 0.222 e. The summed E-state index contributed by atoms with van der Waals surface area (Å²) in [6.07, 6.45) is 1.41. The molecule has 1 aromatic carbocycles. The van der Waals surface area contributed by atoms with Gasteiger partial charge in [0.2, 0.25) is 5.91 Å². The highest BCUT2D eigenvalue weighted by atomic mass is 16.5. The SMILES string of the molecule is C[C@@H]1CN(C(=O)CC[C@H](N)c2ccccc2)C[C@H](C)O1. The van der Waals surface area contributed by atoms with Crippen molar-refractivity contribution in [2.75, 3.05) is 13.1 Å². The third kappa shape index (κ3) is 4.05. The summed E-state index contributed by atoms with van der Waals surface area (Å²) in [5.41, 5.74) is 7.22. The number of amides is 1. The predicted octanol–water partition coefficient (Wildman–Crippen LogP) is 2.10. The second-order valence-corrected chi connectivity index (χ2v) is 5.61. The first-order valence-corrected chi connectivity index (χ1v) is 7.30. The third-order valence-corrected chi connectivity index (χ3v) is 3.67. The Morgan fingerprint density at radius 3 is 2.50 bits per heavy atom. The molecule has 1 heterocycles. The summed E-state index contributed by atoms with van der Waals surface area (Å²) < 4.78 is 5.64. The predicted molar refractivity (Wildman–Crippen MR) is 79.2 cm³/mol. The van der Waals surface area contributed by atoms with Gasteiger partial charge in [-0.3, -0.25) is 4.79 Å². The first-order chi connectivity index (χ1) is 9.56. The van der Waals surface area contributed by atoms with Crippen LogP contribution in [0.15, 0.2) is 30.3 Å². The van der Waals surface area contributed by atoms with E-state index < -0.39 is 0 Å². The maximum absolute atomic E-state index is 12.2. The number of rotatable bonds is 4. The van der Waals surface area contributed by atoms with E-state index in [1.54, 1.807) is 0 Å². The van der Waals surface area contributed by atoms with E-state index in [-0.39, 0.29) is 24.2 Å². The molecule has 1 amide bonds. The number of hydrogen-bond acceptors (Lipinski definition) is 3. The molecule has 110 valence electrons. The van der Waals surface area contributed by atoms with Gasteiger partial charge in [0.15, 0.2) is 0 Å². The van der Waals surface area contributed by atoms with Crippen LogP contribution in [0.2, 0.25) is 0 Å². The van der Waals surface area contributed by atoms with Gasteiger partial charge < -0.3 is 15.4 Å². The number of morpholine rings is 1. The minimum atomic E-state index is -0.0731. The van der Waals surface area contributed by atoms with Crippen LogP contribution in [-0.4, -0.2) is 36.1 Å². The summed E-state index contributed by atoms with van der Waals surface area (Å²) in [6, 6.07) is 9.86. The van der Waals surface area contributed by atoms with Gasteiger partial charge in [-0.15, -0.1) is 0 Å². The number of carbonyl (C=O) groups is 1. The van der Waals surface area contributed by atoms with E-state index in [2.05, 4.69) is 0 Å². The number of nitrogens with zero attached hydrogens (tertiary/aromatic N) is 1. The van der Waals surface area contributed by atoms with Gasteiger partial charge in [0, 0.05) is 25.6 Å². The van der Waals surface area contributed by atoms with Crippen LogP contribution in [0.3, 0.4) is 0 Å². The molecule has 4 heteroatoms. The van der Waals surface area contributed by atoms with Crippen molar-refractivity contribution in [2.24, 2.45) is 5.73 Å². The molecule has 1 saturated heterocycles. The highest BCUT2D eigenvalue weighted by molar-refractivity contribution is 5.76. The molecule has 0 saturated carbocycles. The van der Waals surface area contributed by atoms with Gasteiger partial charge in [0.1, 0.15) is 0 Å². The highest BCUT2D eigenvalue weighted by Gasteiger charge is 2.25. The summed E-state index contributed by atoms with van der Waals surface area (Å²) in [5.74, 6) is 0.179. The van der Waals surface area contributed by atoms with Gasteiger partial charge in [-0.1, -0.05) is 30.3 Å². The van der Waals surface area contributed by atoms with Crippen LogP contribution in [0.5, 0.6) is 0 Å². The van der Waals surface area contributed by atoms with Crippen LogP contribution >= 0.6 is 0 Å². The Balaban J connectivity index is 1.83. The normalized spacial score (nSPS) is 24.4. The van der Waals surface area contributed by atoms with Crippen molar-refractivity contribution in [1.29, 1.82) is 0 Å². The molecular weight excluding hydrogens is 252 g/mol. The molecule has 2 N–H and O–H groups in total. The highest BCUT2D eigenvalue weighted by Crippen LogP contribution is 2.17. The number of ether oxygens (including phenoxy) is 1. The second-order valence-electron chi connectivity index (χ2n) is 5.61. The molecule has 2 rings (SSSR count). The topological polar surface area (TPSA) is 55.6 Å². The average molecular weight is 276 g/mol. The van der Waals surface area contributed by atoms with Gasteiger partial charge in [0.25, 0.3) is 0 Å². The zero-order chi connectivity index (χ0) is 14.5. The Hall–Kier alpha value is -1.39. The Morgan fingerprint density at radius 1 is 1.30 bits per heavy atom. The van der Waals surface area contributed by atoms with Crippen LogP contribution in [-0.2, 0) is 9.53 Å². The number of benzene rings is 1. The van der Waals surface area contributed by atoms with Crippen molar-refractivity contribution in [2.45, 2.75) is 44.9 Å². The Kier molecular flexibility index (Phi) is 5.15.